The third-order valence-corrected chi connectivity index (χ3v) is 5.83. The Bertz CT molecular complexity index is 885. The van der Waals surface area contributed by atoms with Gasteiger partial charge in [0.1, 0.15) is 0 Å². The molecule has 0 N–H and O–H groups in total. The maximum absolute atomic E-state index is 4.83. The fraction of sp³-hybridized carbons (Fsp3) is 0.409. The number of hydrogen-bond acceptors (Lipinski definition) is 2. The molecule has 1 aliphatic heterocycles. The van der Waals surface area contributed by atoms with Crippen molar-refractivity contribution in [1.82, 2.24) is 9.55 Å². The Labute approximate surface area is 162 Å². The first-order valence-electron chi connectivity index (χ1n) is 9.45. The number of aryl methyl sites for hydroxylation is 2. The molecule has 1 fully saturated rings. The van der Waals surface area contributed by atoms with Gasteiger partial charge in [0.15, 0.2) is 5.82 Å². The summed E-state index contributed by atoms with van der Waals surface area (Å²) in [5.74, 6) is 1.76. The minimum atomic E-state index is 0. The van der Waals surface area contributed by atoms with E-state index in [2.05, 4.69) is 66.6 Å². The lowest BCUT2D eigenvalue weighted by molar-refractivity contribution is 0.507. The number of anilines is 1. The smallest absolute Gasteiger partial charge is 0.153 e. The summed E-state index contributed by atoms with van der Waals surface area (Å²) in [6.07, 6.45) is 4.47. The fourth-order valence-corrected chi connectivity index (χ4v) is 4.37. The summed E-state index contributed by atoms with van der Waals surface area (Å²) in [5.41, 5.74) is 5.52. The van der Waals surface area contributed by atoms with E-state index in [9.17, 15) is 0 Å². The zero-order chi connectivity index (χ0) is 17.4. The Morgan fingerprint density at radius 3 is 2.62 bits per heavy atom. The van der Waals surface area contributed by atoms with Crippen molar-refractivity contribution in [2.45, 2.75) is 46.1 Å². The van der Waals surface area contributed by atoms with Gasteiger partial charge in [-0.25, -0.2) is 4.98 Å². The van der Waals surface area contributed by atoms with Gasteiger partial charge in [0.05, 0.1) is 5.52 Å². The molecule has 0 bridgehead atoms. The van der Waals surface area contributed by atoms with Crippen LogP contribution in [0.4, 0.5) is 5.82 Å². The summed E-state index contributed by atoms with van der Waals surface area (Å²) in [6.45, 7) is 9.84. The molecule has 3 heterocycles. The lowest BCUT2D eigenvalue weighted by Gasteiger charge is -2.34. The van der Waals surface area contributed by atoms with Crippen molar-refractivity contribution in [3.8, 4) is 0 Å². The number of halogens is 1. The van der Waals surface area contributed by atoms with Crippen molar-refractivity contribution in [2.75, 3.05) is 18.0 Å². The van der Waals surface area contributed by atoms with E-state index < -0.39 is 0 Å². The van der Waals surface area contributed by atoms with Crippen LogP contribution in [0, 0.1) is 13.8 Å². The summed E-state index contributed by atoms with van der Waals surface area (Å²) in [6, 6.07) is 13.1. The molecule has 0 amide bonds. The number of hydrogen-bond donors (Lipinski definition) is 0. The minimum absolute atomic E-state index is 0. The summed E-state index contributed by atoms with van der Waals surface area (Å²) in [4.78, 5) is 7.34. The first-order chi connectivity index (χ1) is 12.2. The zero-order valence-electron chi connectivity index (χ0n) is 15.9. The van der Waals surface area contributed by atoms with E-state index in [0.29, 0.717) is 5.92 Å². The van der Waals surface area contributed by atoms with Gasteiger partial charge >= 0.3 is 0 Å². The van der Waals surface area contributed by atoms with Gasteiger partial charge in [-0.1, -0.05) is 30.3 Å². The molecule has 1 aromatic carbocycles. The van der Waals surface area contributed by atoms with Gasteiger partial charge in [0, 0.05) is 42.8 Å². The normalized spacial score (nSPS) is 17.3. The van der Waals surface area contributed by atoms with Gasteiger partial charge in [0.25, 0.3) is 0 Å². The Morgan fingerprint density at radius 1 is 1.12 bits per heavy atom. The van der Waals surface area contributed by atoms with E-state index in [-0.39, 0.29) is 12.4 Å². The monoisotopic (exact) mass is 369 g/mol. The quantitative estimate of drug-likeness (QED) is 0.609. The molecule has 1 aliphatic rings. The lowest BCUT2D eigenvalue weighted by Crippen LogP contribution is -2.35. The molecular formula is C22H28ClN3. The molecule has 1 saturated heterocycles. The van der Waals surface area contributed by atoms with E-state index in [4.69, 9.17) is 4.98 Å². The van der Waals surface area contributed by atoms with Crippen LogP contribution in [0.1, 0.15) is 42.5 Å². The molecule has 4 heteroatoms. The number of piperidine rings is 1. The Hall–Kier alpha value is -2.00. The van der Waals surface area contributed by atoms with Crippen LogP contribution >= 0.6 is 12.4 Å². The molecule has 0 saturated carbocycles. The van der Waals surface area contributed by atoms with E-state index >= 15 is 0 Å². The van der Waals surface area contributed by atoms with Crippen LogP contribution in [0.15, 0.2) is 42.6 Å². The number of rotatable bonds is 3. The molecule has 2 aromatic heterocycles. The highest BCUT2D eigenvalue weighted by atomic mass is 35.5. The van der Waals surface area contributed by atoms with Crippen molar-refractivity contribution < 1.29 is 0 Å². The van der Waals surface area contributed by atoms with Crippen molar-refractivity contribution in [2.24, 2.45) is 0 Å². The van der Waals surface area contributed by atoms with Crippen molar-refractivity contribution in [3.63, 3.8) is 0 Å². The van der Waals surface area contributed by atoms with Crippen LogP contribution in [-0.2, 0) is 6.54 Å². The first kappa shape index (κ1) is 18.8. The maximum Gasteiger partial charge on any atom is 0.153 e. The molecule has 138 valence electrons. The Morgan fingerprint density at radius 2 is 1.88 bits per heavy atom. The minimum Gasteiger partial charge on any atom is -0.354 e. The topological polar surface area (TPSA) is 21.1 Å². The number of aromatic nitrogens is 2. The average Bonchev–Trinajstić information content (AvgIpc) is 2.93. The highest BCUT2D eigenvalue weighted by Gasteiger charge is 2.25. The molecule has 26 heavy (non-hydrogen) atoms. The van der Waals surface area contributed by atoms with Gasteiger partial charge in [-0.15, -0.1) is 12.4 Å². The van der Waals surface area contributed by atoms with E-state index in [1.165, 1.54) is 40.6 Å². The maximum atomic E-state index is 4.83. The second-order valence-corrected chi connectivity index (χ2v) is 7.18. The van der Waals surface area contributed by atoms with Crippen LogP contribution in [0.25, 0.3) is 10.9 Å². The summed E-state index contributed by atoms with van der Waals surface area (Å²) >= 11 is 0. The molecule has 1 unspecified atom stereocenters. The Balaban J connectivity index is 0.00000196. The predicted molar refractivity (Wildman–Crippen MR) is 113 cm³/mol. The summed E-state index contributed by atoms with van der Waals surface area (Å²) in [7, 11) is 0. The van der Waals surface area contributed by atoms with Crippen molar-refractivity contribution >= 4 is 29.1 Å². The van der Waals surface area contributed by atoms with Gasteiger partial charge in [0.2, 0.25) is 0 Å². The molecule has 0 aliphatic carbocycles. The number of pyridine rings is 1. The average molecular weight is 370 g/mol. The highest BCUT2D eigenvalue weighted by Crippen LogP contribution is 2.35. The number of nitrogens with zero attached hydrogens (tertiary/aromatic N) is 3. The molecule has 4 rings (SSSR count). The zero-order valence-corrected chi connectivity index (χ0v) is 16.7. The van der Waals surface area contributed by atoms with Crippen molar-refractivity contribution in [3.05, 3.63) is 59.4 Å². The molecule has 3 nitrogen and oxygen atoms in total. The third kappa shape index (κ3) is 3.09. The SMILES string of the molecule is CCn1c(C)c(C)c2ccnc(N3CCCC(c4ccccc4)C3)c21.Cl. The fourth-order valence-electron chi connectivity index (χ4n) is 4.37. The second kappa shape index (κ2) is 7.71. The molecule has 0 spiro atoms. The summed E-state index contributed by atoms with van der Waals surface area (Å²) in [5, 5.41) is 1.35. The standard InChI is InChI=1S/C22H27N3.ClH/c1-4-25-17(3)16(2)20-12-13-23-22(21(20)25)24-14-8-11-19(15-24)18-9-6-5-7-10-18;/h5-7,9-10,12-13,19H,4,8,11,14-15H2,1-3H3;1H. The first-order valence-corrected chi connectivity index (χ1v) is 9.45. The van der Waals surface area contributed by atoms with Crippen LogP contribution < -0.4 is 4.90 Å². The second-order valence-electron chi connectivity index (χ2n) is 7.18. The third-order valence-electron chi connectivity index (χ3n) is 5.83. The molecule has 3 aromatic rings. The van der Waals surface area contributed by atoms with Gasteiger partial charge in [-0.3, -0.25) is 0 Å². The van der Waals surface area contributed by atoms with Crippen molar-refractivity contribution in [1.29, 1.82) is 0 Å². The highest BCUT2D eigenvalue weighted by molar-refractivity contribution is 5.93. The Kier molecular flexibility index (Phi) is 5.57. The van der Waals surface area contributed by atoms with E-state index in [1.807, 2.05) is 6.20 Å². The predicted octanol–water partition coefficient (Wildman–Crippen LogP) is 5.48. The van der Waals surface area contributed by atoms with Crippen LogP contribution in [0.3, 0.4) is 0 Å². The van der Waals surface area contributed by atoms with Gasteiger partial charge in [-0.2, -0.15) is 0 Å². The van der Waals surface area contributed by atoms with E-state index in [1.54, 1.807) is 0 Å². The number of fused-ring (bicyclic) bond motifs is 1. The largest absolute Gasteiger partial charge is 0.354 e. The molecule has 0 radical (unpaired) electrons. The van der Waals surface area contributed by atoms with Gasteiger partial charge in [-0.05, 0) is 50.8 Å². The van der Waals surface area contributed by atoms with E-state index in [0.717, 1.165) is 25.5 Å². The molecule has 1 atom stereocenters. The summed E-state index contributed by atoms with van der Waals surface area (Å²) < 4.78 is 2.43. The van der Waals surface area contributed by atoms with Crippen LogP contribution in [0.5, 0.6) is 0 Å². The lowest BCUT2D eigenvalue weighted by atomic mass is 9.90. The van der Waals surface area contributed by atoms with Crippen LogP contribution in [-0.4, -0.2) is 22.6 Å². The molecular weight excluding hydrogens is 342 g/mol. The number of benzene rings is 1. The van der Waals surface area contributed by atoms with Crippen LogP contribution in [0.2, 0.25) is 0 Å². The van der Waals surface area contributed by atoms with Gasteiger partial charge < -0.3 is 9.47 Å².